The summed E-state index contributed by atoms with van der Waals surface area (Å²) >= 11 is 1.86. The second-order valence-corrected chi connectivity index (χ2v) is 15.4. The Labute approximate surface area is 334 Å². The zero-order valence-corrected chi connectivity index (χ0v) is 31.6. The predicted octanol–water partition coefficient (Wildman–Crippen LogP) is 14.5. The first kappa shape index (κ1) is 33.1. The topological polar surface area (TPSA) is 38.7 Å². The van der Waals surface area contributed by atoms with Gasteiger partial charge >= 0.3 is 0 Å². The van der Waals surface area contributed by atoms with Gasteiger partial charge in [-0.25, -0.2) is 15.0 Å². The van der Waals surface area contributed by atoms with Crippen LogP contribution in [-0.4, -0.2) is 15.0 Å². The van der Waals surface area contributed by atoms with Crippen molar-refractivity contribution in [3.05, 3.63) is 200 Å². The molecule has 0 amide bonds. The maximum absolute atomic E-state index is 5.50. The van der Waals surface area contributed by atoms with Gasteiger partial charge in [0.1, 0.15) is 0 Å². The Balaban J connectivity index is 1.03. The minimum Gasteiger partial charge on any atom is -0.246 e. The van der Waals surface area contributed by atoms with Crippen molar-refractivity contribution in [3.63, 3.8) is 0 Å². The lowest BCUT2D eigenvalue weighted by molar-refractivity contribution is 1.18. The molecule has 266 valence electrons. The van der Waals surface area contributed by atoms with Crippen LogP contribution in [0, 0.1) is 0 Å². The van der Waals surface area contributed by atoms with E-state index < -0.39 is 0 Å². The van der Waals surface area contributed by atoms with Crippen LogP contribution in [0.15, 0.2) is 200 Å². The van der Waals surface area contributed by atoms with E-state index in [9.17, 15) is 0 Å². The highest BCUT2D eigenvalue weighted by atomic mass is 32.1. The van der Waals surface area contributed by atoms with Crippen LogP contribution in [0.2, 0.25) is 0 Å². The maximum atomic E-state index is 5.50. The molecule has 57 heavy (non-hydrogen) atoms. The number of rotatable bonds is 6. The summed E-state index contributed by atoms with van der Waals surface area (Å²) in [7, 11) is 0. The lowest BCUT2D eigenvalue weighted by Crippen LogP contribution is -1.96. The SMILES string of the molecule is c1ccc(-c2cc(-c3cccc(-c4ccc(-c5cccc6c5nc(-c5ccccc5)c5ccc7sc8ccccc8c7c56)cc4)c3)nc(-c3ccccc3)n2)cc1. The zero-order valence-electron chi connectivity index (χ0n) is 30.8. The standard InChI is InChI=1S/C53H33N3S/c1-4-14-36(15-5-1)45-33-46(55-53(54-45)38-18-8-3-9-19-38)40-21-12-20-39(32-40)34-26-28-35(29-27-34)41-23-13-24-43-49-44(51(56-52(41)43)37-16-6-2-7-17-37)30-31-48-50(49)42-22-10-11-25-47(42)57-48/h1-33H. The summed E-state index contributed by atoms with van der Waals surface area (Å²) in [5.74, 6) is 0.710. The first-order valence-corrected chi connectivity index (χ1v) is 20.0. The number of hydrogen-bond donors (Lipinski definition) is 0. The molecule has 0 aliphatic carbocycles. The van der Waals surface area contributed by atoms with Crippen molar-refractivity contribution in [1.29, 1.82) is 0 Å². The second-order valence-electron chi connectivity index (χ2n) is 14.3. The highest BCUT2D eigenvalue weighted by Gasteiger charge is 2.19. The van der Waals surface area contributed by atoms with Gasteiger partial charge in [0.25, 0.3) is 0 Å². The van der Waals surface area contributed by atoms with Crippen LogP contribution in [0.3, 0.4) is 0 Å². The minimum atomic E-state index is 0.710. The van der Waals surface area contributed by atoms with Crippen LogP contribution < -0.4 is 0 Å². The number of pyridine rings is 1. The van der Waals surface area contributed by atoms with E-state index in [2.05, 4.69) is 164 Å². The molecule has 0 fully saturated rings. The van der Waals surface area contributed by atoms with Gasteiger partial charge in [0.2, 0.25) is 0 Å². The summed E-state index contributed by atoms with van der Waals surface area (Å²) in [4.78, 5) is 15.6. The Morgan fingerprint density at radius 1 is 0.316 bits per heavy atom. The van der Waals surface area contributed by atoms with E-state index in [-0.39, 0.29) is 0 Å². The first-order valence-electron chi connectivity index (χ1n) is 19.2. The third-order valence-electron chi connectivity index (χ3n) is 10.9. The van der Waals surface area contributed by atoms with Crippen LogP contribution >= 0.6 is 11.3 Å². The van der Waals surface area contributed by atoms with Crippen molar-refractivity contribution in [2.75, 3.05) is 0 Å². The Kier molecular flexibility index (Phi) is 8.01. The minimum absolute atomic E-state index is 0.710. The van der Waals surface area contributed by atoms with Crippen LogP contribution in [0.1, 0.15) is 0 Å². The number of nitrogens with zero attached hydrogens (tertiary/aromatic N) is 3. The van der Waals surface area contributed by atoms with Crippen molar-refractivity contribution in [3.8, 4) is 67.4 Å². The highest BCUT2D eigenvalue weighted by molar-refractivity contribution is 7.26. The van der Waals surface area contributed by atoms with Gasteiger partial charge in [-0.2, -0.15) is 0 Å². The van der Waals surface area contributed by atoms with Gasteiger partial charge in [-0.3, -0.25) is 0 Å². The molecule has 0 saturated heterocycles. The highest BCUT2D eigenvalue weighted by Crippen LogP contribution is 2.45. The van der Waals surface area contributed by atoms with E-state index in [1.54, 1.807) is 0 Å². The first-order chi connectivity index (χ1) is 28.2. The molecule has 0 aliphatic rings. The van der Waals surface area contributed by atoms with E-state index in [1.165, 1.54) is 36.3 Å². The molecule has 0 saturated carbocycles. The van der Waals surface area contributed by atoms with Gasteiger partial charge in [-0.05, 0) is 41.0 Å². The molecule has 0 bridgehead atoms. The molecular formula is C53H33N3S. The van der Waals surface area contributed by atoms with Crippen LogP contribution in [0.25, 0.3) is 109 Å². The molecule has 0 unspecified atom stereocenters. The predicted molar refractivity (Wildman–Crippen MR) is 240 cm³/mol. The lowest BCUT2D eigenvalue weighted by atomic mass is 9.93. The largest absolute Gasteiger partial charge is 0.246 e. The molecule has 3 heterocycles. The molecule has 0 N–H and O–H groups in total. The van der Waals surface area contributed by atoms with Crippen molar-refractivity contribution in [2.45, 2.75) is 0 Å². The number of hydrogen-bond acceptors (Lipinski definition) is 4. The Morgan fingerprint density at radius 3 is 1.68 bits per heavy atom. The Hall–Kier alpha value is -7.27. The van der Waals surface area contributed by atoms with Gasteiger partial charge in [0.15, 0.2) is 5.82 Å². The molecule has 4 heteroatoms. The quantitative estimate of drug-likeness (QED) is 0.159. The molecule has 3 nitrogen and oxygen atoms in total. The van der Waals surface area contributed by atoms with Crippen molar-refractivity contribution >= 4 is 53.2 Å². The molecule has 8 aromatic carbocycles. The van der Waals surface area contributed by atoms with E-state index in [1.807, 2.05) is 47.7 Å². The number of benzene rings is 8. The smallest absolute Gasteiger partial charge is 0.160 e. The molecule has 0 aliphatic heterocycles. The Bertz CT molecular complexity index is 3210. The summed E-state index contributed by atoms with van der Waals surface area (Å²) in [5, 5.41) is 6.21. The van der Waals surface area contributed by atoms with Gasteiger partial charge in [-0.15, -0.1) is 11.3 Å². The summed E-state index contributed by atoms with van der Waals surface area (Å²) in [6.45, 7) is 0. The van der Waals surface area contributed by atoms with Crippen molar-refractivity contribution < 1.29 is 0 Å². The van der Waals surface area contributed by atoms with Crippen LogP contribution in [0.4, 0.5) is 0 Å². The Morgan fingerprint density at radius 2 is 0.912 bits per heavy atom. The van der Waals surface area contributed by atoms with E-state index in [0.29, 0.717) is 5.82 Å². The molecule has 3 aromatic heterocycles. The van der Waals surface area contributed by atoms with Gasteiger partial charge in [0, 0.05) is 64.1 Å². The summed E-state index contributed by atoms with van der Waals surface area (Å²) < 4.78 is 2.59. The van der Waals surface area contributed by atoms with E-state index in [4.69, 9.17) is 15.0 Å². The number of fused-ring (bicyclic) bond motifs is 7. The van der Waals surface area contributed by atoms with Crippen molar-refractivity contribution in [1.82, 2.24) is 15.0 Å². The fourth-order valence-electron chi connectivity index (χ4n) is 8.15. The van der Waals surface area contributed by atoms with Crippen LogP contribution in [-0.2, 0) is 0 Å². The fraction of sp³-hybridized carbons (Fsp3) is 0. The maximum Gasteiger partial charge on any atom is 0.160 e. The number of para-hydroxylation sites is 1. The lowest BCUT2D eigenvalue weighted by Gasteiger charge is -2.15. The van der Waals surface area contributed by atoms with E-state index in [0.717, 1.165) is 67.1 Å². The van der Waals surface area contributed by atoms with Crippen molar-refractivity contribution in [2.24, 2.45) is 0 Å². The molecule has 11 aromatic rings. The van der Waals surface area contributed by atoms with E-state index >= 15 is 0 Å². The molecule has 0 spiro atoms. The average molecular weight is 744 g/mol. The molecule has 0 atom stereocenters. The second kappa shape index (κ2) is 13.8. The monoisotopic (exact) mass is 743 g/mol. The van der Waals surface area contributed by atoms with Crippen LogP contribution in [0.5, 0.6) is 0 Å². The third kappa shape index (κ3) is 5.86. The summed E-state index contributed by atoms with van der Waals surface area (Å²) in [6.07, 6.45) is 0. The third-order valence-corrected chi connectivity index (χ3v) is 12.0. The van der Waals surface area contributed by atoms with Gasteiger partial charge < -0.3 is 0 Å². The number of thiophene rings is 1. The molecule has 0 radical (unpaired) electrons. The fourth-order valence-corrected chi connectivity index (χ4v) is 9.26. The normalized spacial score (nSPS) is 11.5. The summed E-state index contributed by atoms with van der Waals surface area (Å²) in [5.41, 5.74) is 12.5. The zero-order chi connectivity index (χ0) is 37.7. The van der Waals surface area contributed by atoms with Gasteiger partial charge in [-0.1, -0.05) is 176 Å². The number of aromatic nitrogens is 3. The molecular weight excluding hydrogens is 711 g/mol. The summed E-state index contributed by atoms with van der Waals surface area (Å²) in [6, 6.07) is 70.7. The average Bonchev–Trinajstić information content (AvgIpc) is 3.68. The van der Waals surface area contributed by atoms with Gasteiger partial charge in [0.05, 0.1) is 22.6 Å². The molecule has 11 rings (SSSR count).